The number of amides is 2. The highest BCUT2D eigenvalue weighted by Crippen LogP contribution is 2.24. The predicted octanol–water partition coefficient (Wildman–Crippen LogP) is 3.54. The summed E-state index contributed by atoms with van der Waals surface area (Å²) in [5.74, 6) is -0.681. The molecule has 0 saturated carbocycles. The number of carbonyl (C=O) groups is 2. The van der Waals surface area contributed by atoms with Gasteiger partial charge in [0.05, 0.1) is 24.2 Å². The van der Waals surface area contributed by atoms with E-state index in [1.165, 1.54) is 18.2 Å². The molecule has 2 N–H and O–H groups in total. The van der Waals surface area contributed by atoms with Gasteiger partial charge in [-0.3, -0.25) is 9.59 Å². The number of likely N-dealkylation sites (tertiary alicyclic amines) is 1. The number of halogens is 1. The van der Waals surface area contributed by atoms with E-state index in [1.54, 1.807) is 35.7 Å². The Hall–Kier alpha value is -3.72. The van der Waals surface area contributed by atoms with Crippen molar-refractivity contribution in [3.05, 3.63) is 70.8 Å². The van der Waals surface area contributed by atoms with Crippen LogP contribution in [0.5, 0.6) is 5.75 Å². The number of hydrogen-bond donors (Lipinski definition) is 2. The van der Waals surface area contributed by atoms with Crippen LogP contribution in [0.1, 0.15) is 44.9 Å². The molecular formula is C25H28FN5O3. The van der Waals surface area contributed by atoms with E-state index in [9.17, 15) is 14.0 Å². The highest BCUT2D eigenvalue weighted by Gasteiger charge is 2.22. The number of rotatable bonds is 7. The summed E-state index contributed by atoms with van der Waals surface area (Å²) in [6, 6.07) is 11.3. The Kier molecular flexibility index (Phi) is 6.93. The maximum Gasteiger partial charge on any atom is 0.274 e. The Labute approximate surface area is 197 Å². The molecule has 2 aromatic carbocycles. The number of carbonyl (C=O) groups excluding carboxylic acids is 2. The van der Waals surface area contributed by atoms with E-state index < -0.39 is 11.7 Å². The number of hydrogen-bond acceptors (Lipinski definition) is 5. The zero-order chi connectivity index (χ0) is 24.2. The molecule has 0 bridgehead atoms. The summed E-state index contributed by atoms with van der Waals surface area (Å²) in [6.45, 7) is 3.69. The first-order chi connectivity index (χ1) is 16.4. The second kappa shape index (κ2) is 10.0. The first-order valence-electron chi connectivity index (χ1n) is 11.2. The molecule has 1 saturated heterocycles. The molecule has 3 aromatic rings. The van der Waals surface area contributed by atoms with E-state index in [0.717, 1.165) is 18.4 Å². The number of aryl methyl sites for hydroxylation is 1. The van der Waals surface area contributed by atoms with Crippen molar-refractivity contribution in [1.82, 2.24) is 20.0 Å². The average molecular weight is 466 g/mol. The standard InChI is InChI=1S/C25H28FN5O3/c1-16-12-23(31(29-16)22-9-7-19(34-3)13-18(22)15-27-2)24(32)28-21-8-6-17(14-20(21)26)25(33)30-10-4-5-11-30/h6-9,12-14,27H,4-5,10-11,15H2,1-3H3,(H,28,32). The number of nitrogens with zero attached hydrogens (tertiary/aromatic N) is 3. The molecule has 4 rings (SSSR count). The van der Waals surface area contributed by atoms with E-state index >= 15 is 0 Å². The third kappa shape index (κ3) is 4.79. The lowest BCUT2D eigenvalue weighted by atomic mass is 10.1. The summed E-state index contributed by atoms with van der Waals surface area (Å²) in [7, 11) is 3.42. The van der Waals surface area contributed by atoms with Gasteiger partial charge in [0.1, 0.15) is 17.3 Å². The van der Waals surface area contributed by atoms with Gasteiger partial charge in [-0.15, -0.1) is 0 Å². The summed E-state index contributed by atoms with van der Waals surface area (Å²) >= 11 is 0. The molecule has 1 fully saturated rings. The largest absolute Gasteiger partial charge is 0.497 e. The van der Waals surface area contributed by atoms with Gasteiger partial charge in [-0.25, -0.2) is 9.07 Å². The summed E-state index contributed by atoms with van der Waals surface area (Å²) < 4.78 is 21.7. The summed E-state index contributed by atoms with van der Waals surface area (Å²) in [6.07, 6.45) is 1.92. The van der Waals surface area contributed by atoms with Gasteiger partial charge in [0.15, 0.2) is 0 Å². The third-order valence-electron chi connectivity index (χ3n) is 5.80. The zero-order valence-electron chi connectivity index (χ0n) is 19.5. The fourth-order valence-electron chi connectivity index (χ4n) is 4.11. The van der Waals surface area contributed by atoms with Gasteiger partial charge in [0.2, 0.25) is 0 Å². The molecule has 0 radical (unpaired) electrons. The molecule has 0 atom stereocenters. The second-order valence-electron chi connectivity index (χ2n) is 8.26. The van der Waals surface area contributed by atoms with Crippen molar-refractivity contribution < 1.29 is 18.7 Å². The number of ether oxygens (including phenoxy) is 1. The van der Waals surface area contributed by atoms with E-state index in [1.807, 2.05) is 19.2 Å². The molecular weight excluding hydrogens is 437 g/mol. The van der Waals surface area contributed by atoms with Crippen LogP contribution in [0.2, 0.25) is 0 Å². The molecule has 1 aliphatic rings. The number of methoxy groups -OCH3 is 1. The van der Waals surface area contributed by atoms with Crippen LogP contribution in [0.3, 0.4) is 0 Å². The Balaban J connectivity index is 1.60. The third-order valence-corrected chi connectivity index (χ3v) is 5.80. The topological polar surface area (TPSA) is 88.5 Å². The van der Waals surface area contributed by atoms with Crippen molar-refractivity contribution in [2.24, 2.45) is 0 Å². The van der Waals surface area contributed by atoms with Gasteiger partial charge in [-0.1, -0.05) is 0 Å². The van der Waals surface area contributed by atoms with Gasteiger partial charge in [-0.05, 0) is 74.8 Å². The average Bonchev–Trinajstić information content (AvgIpc) is 3.50. The zero-order valence-corrected chi connectivity index (χ0v) is 19.5. The molecule has 8 nitrogen and oxygen atoms in total. The van der Waals surface area contributed by atoms with Crippen molar-refractivity contribution >= 4 is 17.5 Å². The van der Waals surface area contributed by atoms with Crippen molar-refractivity contribution in [2.45, 2.75) is 26.3 Å². The highest BCUT2D eigenvalue weighted by molar-refractivity contribution is 6.04. The molecule has 178 valence electrons. The van der Waals surface area contributed by atoms with E-state index in [4.69, 9.17) is 4.74 Å². The van der Waals surface area contributed by atoms with Crippen LogP contribution in [0.25, 0.3) is 5.69 Å². The van der Waals surface area contributed by atoms with E-state index in [-0.39, 0.29) is 22.9 Å². The second-order valence-corrected chi connectivity index (χ2v) is 8.26. The van der Waals surface area contributed by atoms with Crippen LogP contribution in [0, 0.1) is 12.7 Å². The molecule has 34 heavy (non-hydrogen) atoms. The lowest BCUT2D eigenvalue weighted by molar-refractivity contribution is 0.0792. The van der Waals surface area contributed by atoms with E-state index in [0.29, 0.717) is 36.8 Å². The SMILES string of the molecule is CNCc1cc(OC)ccc1-n1nc(C)cc1C(=O)Nc1ccc(C(=O)N2CCCC2)cc1F. The number of benzene rings is 2. The summed E-state index contributed by atoms with van der Waals surface area (Å²) in [5, 5.41) is 10.2. The lowest BCUT2D eigenvalue weighted by Gasteiger charge is -2.16. The Bertz CT molecular complexity index is 1220. The van der Waals surface area contributed by atoms with Crippen LogP contribution in [0.15, 0.2) is 42.5 Å². The molecule has 2 heterocycles. The van der Waals surface area contributed by atoms with Crippen LogP contribution in [-0.2, 0) is 6.54 Å². The van der Waals surface area contributed by atoms with Crippen LogP contribution in [-0.4, -0.2) is 53.7 Å². The maximum absolute atomic E-state index is 14.8. The normalized spacial score (nSPS) is 13.2. The molecule has 0 aliphatic carbocycles. The first kappa shape index (κ1) is 23.4. The molecule has 1 aliphatic heterocycles. The van der Waals surface area contributed by atoms with Gasteiger partial charge < -0.3 is 20.3 Å². The summed E-state index contributed by atoms with van der Waals surface area (Å²) in [5.41, 5.74) is 2.77. The van der Waals surface area contributed by atoms with Crippen molar-refractivity contribution in [2.75, 3.05) is 32.6 Å². The smallest absolute Gasteiger partial charge is 0.274 e. The predicted molar refractivity (Wildman–Crippen MR) is 127 cm³/mol. The minimum absolute atomic E-state index is 0.00134. The molecule has 2 amide bonds. The lowest BCUT2D eigenvalue weighted by Crippen LogP contribution is -2.27. The van der Waals surface area contributed by atoms with Gasteiger partial charge in [-0.2, -0.15) is 5.10 Å². The summed E-state index contributed by atoms with van der Waals surface area (Å²) in [4.78, 5) is 27.4. The fourth-order valence-corrected chi connectivity index (χ4v) is 4.11. The number of nitrogens with one attached hydrogen (secondary N) is 2. The Morgan fingerprint density at radius 1 is 1.12 bits per heavy atom. The number of anilines is 1. The maximum atomic E-state index is 14.8. The van der Waals surface area contributed by atoms with Gasteiger partial charge >= 0.3 is 0 Å². The first-order valence-corrected chi connectivity index (χ1v) is 11.2. The Morgan fingerprint density at radius 2 is 1.88 bits per heavy atom. The van der Waals surface area contributed by atoms with Crippen molar-refractivity contribution in [3.63, 3.8) is 0 Å². The molecule has 0 spiro atoms. The fraction of sp³-hybridized carbons (Fsp3) is 0.320. The monoisotopic (exact) mass is 465 g/mol. The molecule has 1 aromatic heterocycles. The van der Waals surface area contributed by atoms with E-state index in [2.05, 4.69) is 15.7 Å². The van der Waals surface area contributed by atoms with Gasteiger partial charge in [0.25, 0.3) is 11.8 Å². The molecule has 0 unspecified atom stereocenters. The van der Waals surface area contributed by atoms with Crippen molar-refractivity contribution in [1.29, 1.82) is 0 Å². The number of aromatic nitrogens is 2. The minimum Gasteiger partial charge on any atom is -0.497 e. The van der Waals surface area contributed by atoms with Gasteiger partial charge in [0, 0.05) is 25.2 Å². The molecule has 9 heteroatoms. The Morgan fingerprint density at radius 3 is 2.56 bits per heavy atom. The van der Waals surface area contributed by atoms with Crippen LogP contribution < -0.4 is 15.4 Å². The quantitative estimate of drug-likeness (QED) is 0.557. The van der Waals surface area contributed by atoms with Crippen LogP contribution in [0.4, 0.5) is 10.1 Å². The minimum atomic E-state index is -0.665. The highest BCUT2D eigenvalue weighted by atomic mass is 19.1. The van der Waals surface area contributed by atoms with Crippen molar-refractivity contribution in [3.8, 4) is 11.4 Å². The van der Waals surface area contributed by atoms with Crippen LogP contribution >= 0.6 is 0 Å².